The predicted octanol–water partition coefficient (Wildman–Crippen LogP) is 2.87. The van der Waals surface area contributed by atoms with E-state index >= 15 is 0 Å². The molecule has 2 atom stereocenters. The smallest absolute Gasteiger partial charge is 0.0244 e. The van der Waals surface area contributed by atoms with Crippen molar-refractivity contribution in [2.24, 2.45) is 23.5 Å². The van der Waals surface area contributed by atoms with Crippen molar-refractivity contribution in [3.05, 3.63) is 0 Å². The lowest BCUT2D eigenvalue weighted by atomic mass is 9.95. The van der Waals surface area contributed by atoms with Gasteiger partial charge in [-0.2, -0.15) is 0 Å². The average Bonchev–Trinajstić information content (AvgIpc) is 3.14. The molecule has 2 saturated carbocycles. The molecule has 2 fully saturated rings. The summed E-state index contributed by atoms with van der Waals surface area (Å²) in [5.41, 5.74) is 6.06. The van der Waals surface area contributed by atoms with Crippen LogP contribution in [0.3, 0.4) is 0 Å². The Morgan fingerprint density at radius 2 is 1.65 bits per heavy atom. The van der Waals surface area contributed by atoms with Crippen LogP contribution >= 0.6 is 0 Å². The molecule has 2 heteroatoms. The molecule has 0 saturated heterocycles. The van der Waals surface area contributed by atoms with Crippen molar-refractivity contribution in [3.63, 3.8) is 0 Å². The molecule has 2 unspecified atom stereocenters. The lowest BCUT2D eigenvalue weighted by Gasteiger charge is -2.35. The molecule has 0 amide bonds. The first-order valence-electron chi connectivity index (χ1n) is 7.68. The average molecular weight is 238 g/mol. The molecule has 0 aliphatic heterocycles. The number of nitrogens with two attached hydrogens (primary N) is 1. The van der Waals surface area contributed by atoms with Gasteiger partial charge in [-0.25, -0.2) is 0 Å². The van der Waals surface area contributed by atoms with E-state index in [-0.39, 0.29) is 0 Å². The topological polar surface area (TPSA) is 29.3 Å². The minimum Gasteiger partial charge on any atom is -0.329 e. The molecule has 2 aliphatic rings. The van der Waals surface area contributed by atoms with E-state index in [9.17, 15) is 0 Å². The molecule has 17 heavy (non-hydrogen) atoms. The first kappa shape index (κ1) is 13.4. The second-order valence-electron chi connectivity index (χ2n) is 6.41. The second kappa shape index (κ2) is 6.19. The molecule has 2 aliphatic carbocycles. The molecule has 0 aromatic heterocycles. The van der Waals surface area contributed by atoms with Crippen LogP contribution in [0.25, 0.3) is 0 Å². The van der Waals surface area contributed by atoms with E-state index in [4.69, 9.17) is 5.73 Å². The molecule has 2 nitrogen and oxygen atoms in total. The summed E-state index contributed by atoms with van der Waals surface area (Å²) in [6.07, 6.45) is 8.45. The van der Waals surface area contributed by atoms with Gasteiger partial charge in [0.25, 0.3) is 0 Å². The standard InChI is InChI=1S/C15H30N2/c1-3-4-12(2)15(9-16)17(10-13-5-6-13)11-14-7-8-14/h12-15H,3-11,16H2,1-2H3. The lowest BCUT2D eigenvalue weighted by Crippen LogP contribution is -2.46. The fourth-order valence-electron chi connectivity index (χ4n) is 3.00. The summed E-state index contributed by atoms with van der Waals surface area (Å²) < 4.78 is 0. The zero-order valence-electron chi connectivity index (χ0n) is 11.7. The second-order valence-corrected chi connectivity index (χ2v) is 6.41. The largest absolute Gasteiger partial charge is 0.329 e. The van der Waals surface area contributed by atoms with Crippen LogP contribution in [0.2, 0.25) is 0 Å². The van der Waals surface area contributed by atoms with Gasteiger partial charge in [0.2, 0.25) is 0 Å². The van der Waals surface area contributed by atoms with E-state index in [1.807, 2.05) is 0 Å². The van der Waals surface area contributed by atoms with Crippen LogP contribution < -0.4 is 5.73 Å². The summed E-state index contributed by atoms with van der Waals surface area (Å²) in [5.74, 6) is 2.76. The Labute approximate surface area is 107 Å². The monoisotopic (exact) mass is 238 g/mol. The van der Waals surface area contributed by atoms with E-state index in [1.165, 1.54) is 51.6 Å². The number of nitrogens with zero attached hydrogens (tertiary/aromatic N) is 1. The van der Waals surface area contributed by atoms with Crippen LogP contribution in [0.5, 0.6) is 0 Å². The highest BCUT2D eigenvalue weighted by atomic mass is 15.2. The van der Waals surface area contributed by atoms with E-state index in [0.29, 0.717) is 6.04 Å². The normalized spacial score (nSPS) is 24.0. The third-order valence-corrected chi connectivity index (χ3v) is 4.49. The van der Waals surface area contributed by atoms with Gasteiger partial charge in [0, 0.05) is 25.7 Å². The van der Waals surface area contributed by atoms with Gasteiger partial charge < -0.3 is 5.73 Å². The molecule has 0 radical (unpaired) electrons. The summed E-state index contributed by atoms with van der Waals surface area (Å²) >= 11 is 0. The van der Waals surface area contributed by atoms with Crippen LogP contribution in [-0.2, 0) is 0 Å². The van der Waals surface area contributed by atoms with Crippen LogP contribution in [0.4, 0.5) is 0 Å². The van der Waals surface area contributed by atoms with Gasteiger partial charge in [-0.3, -0.25) is 4.90 Å². The summed E-state index contributed by atoms with van der Waals surface area (Å²) in [6, 6.07) is 0.635. The van der Waals surface area contributed by atoms with Gasteiger partial charge in [0.1, 0.15) is 0 Å². The van der Waals surface area contributed by atoms with Crippen molar-refractivity contribution in [1.82, 2.24) is 4.90 Å². The van der Waals surface area contributed by atoms with Crippen molar-refractivity contribution in [2.45, 2.75) is 58.4 Å². The molecule has 2 N–H and O–H groups in total. The fourth-order valence-corrected chi connectivity index (χ4v) is 3.00. The Morgan fingerprint density at radius 1 is 1.12 bits per heavy atom. The molecule has 0 spiro atoms. The number of hydrogen-bond donors (Lipinski definition) is 1. The Bertz CT molecular complexity index is 207. The summed E-state index contributed by atoms with van der Waals surface area (Å²) in [4.78, 5) is 2.75. The fraction of sp³-hybridized carbons (Fsp3) is 1.00. The third kappa shape index (κ3) is 4.26. The quantitative estimate of drug-likeness (QED) is 0.669. The Kier molecular flexibility index (Phi) is 4.87. The van der Waals surface area contributed by atoms with Gasteiger partial charge in [-0.05, 0) is 49.9 Å². The minimum absolute atomic E-state index is 0.635. The Morgan fingerprint density at radius 3 is 2.00 bits per heavy atom. The molecule has 0 bridgehead atoms. The zero-order chi connectivity index (χ0) is 12.3. The van der Waals surface area contributed by atoms with Crippen molar-refractivity contribution in [2.75, 3.05) is 19.6 Å². The van der Waals surface area contributed by atoms with Crippen LogP contribution in [0.15, 0.2) is 0 Å². The Balaban J connectivity index is 1.88. The molecule has 0 aromatic rings. The van der Waals surface area contributed by atoms with Crippen LogP contribution in [0.1, 0.15) is 52.4 Å². The van der Waals surface area contributed by atoms with Crippen LogP contribution in [-0.4, -0.2) is 30.6 Å². The van der Waals surface area contributed by atoms with E-state index in [1.54, 1.807) is 0 Å². The first-order chi connectivity index (χ1) is 8.24. The summed E-state index contributed by atoms with van der Waals surface area (Å²) in [5, 5.41) is 0. The van der Waals surface area contributed by atoms with Gasteiger partial charge in [-0.15, -0.1) is 0 Å². The van der Waals surface area contributed by atoms with Crippen molar-refractivity contribution in [1.29, 1.82) is 0 Å². The van der Waals surface area contributed by atoms with Crippen molar-refractivity contribution >= 4 is 0 Å². The molecule has 100 valence electrons. The minimum atomic E-state index is 0.635. The molecular weight excluding hydrogens is 208 g/mol. The SMILES string of the molecule is CCCC(C)C(CN)N(CC1CC1)CC1CC1. The highest BCUT2D eigenvalue weighted by molar-refractivity contribution is 4.87. The number of rotatable bonds is 9. The number of hydrogen-bond acceptors (Lipinski definition) is 2. The van der Waals surface area contributed by atoms with Crippen molar-refractivity contribution in [3.8, 4) is 0 Å². The predicted molar refractivity (Wildman–Crippen MR) is 73.9 cm³/mol. The maximum absolute atomic E-state index is 6.06. The molecule has 2 rings (SSSR count). The van der Waals surface area contributed by atoms with Gasteiger partial charge in [-0.1, -0.05) is 20.3 Å². The van der Waals surface area contributed by atoms with Gasteiger partial charge in [0.15, 0.2) is 0 Å². The highest BCUT2D eigenvalue weighted by Crippen LogP contribution is 2.35. The Hall–Kier alpha value is -0.0800. The third-order valence-electron chi connectivity index (χ3n) is 4.49. The van der Waals surface area contributed by atoms with Crippen molar-refractivity contribution < 1.29 is 0 Å². The van der Waals surface area contributed by atoms with E-state index in [0.717, 1.165) is 24.3 Å². The van der Waals surface area contributed by atoms with Gasteiger partial charge in [0.05, 0.1) is 0 Å². The maximum atomic E-state index is 6.06. The molecule has 0 heterocycles. The maximum Gasteiger partial charge on any atom is 0.0244 e. The van der Waals surface area contributed by atoms with Crippen LogP contribution in [0, 0.1) is 17.8 Å². The zero-order valence-corrected chi connectivity index (χ0v) is 11.7. The van der Waals surface area contributed by atoms with E-state index in [2.05, 4.69) is 18.7 Å². The first-order valence-corrected chi connectivity index (χ1v) is 7.68. The summed E-state index contributed by atoms with van der Waals surface area (Å²) in [6.45, 7) is 8.18. The van der Waals surface area contributed by atoms with Gasteiger partial charge >= 0.3 is 0 Å². The lowest BCUT2D eigenvalue weighted by molar-refractivity contribution is 0.135. The van der Waals surface area contributed by atoms with E-state index < -0.39 is 0 Å². The highest BCUT2D eigenvalue weighted by Gasteiger charge is 2.33. The summed E-state index contributed by atoms with van der Waals surface area (Å²) in [7, 11) is 0. The molecule has 0 aromatic carbocycles. The molecular formula is C15H30N2.